The lowest BCUT2D eigenvalue weighted by atomic mass is 10.2. The van der Waals surface area contributed by atoms with Crippen molar-refractivity contribution in [3.63, 3.8) is 0 Å². The zero-order valence-electron chi connectivity index (χ0n) is 14.0. The van der Waals surface area contributed by atoms with E-state index in [9.17, 15) is 0 Å². The Morgan fingerprint density at radius 3 is 2.65 bits per heavy atom. The van der Waals surface area contributed by atoms with Crippen LogP contribution in [0.4, 0.5) is 0 Å². The summed E-state index contributed by atoms with van der Waals surface area (Å²) in [6.07, 6.45) is 5.23. The van der Waals surface area contributed by atoms with Gasteiger partial charge in [0, 0.05) is 38.8 Å². The van der Waals surface area contributed by atoms with Gasteiger partial charge in [0.2, 0.25) is 0 Å². The first kappa shape index (κ1) is 16.5. The smallest absolute Gasteiger partial charge is 0.169 e. The van der Waals surface area contributed by atoms with Gasteiger partial charge >= 0.3 is 0 Å². The Morgan fingerprint density at radius 2 is 1.96 bits per heavy atom. The Balaban J connectivity index is 1.45. The molecule has 1 saturated carbocycles. The van der Waals surface area contributed by atoms with Crippen molar-refractivity contribution in [1.82, 2.24) is 15.1 Å². The molecule has 0 bridgehead atoms. The quantitative estimate of drug-likeness (QED) is 0.855. The molecule has 1 N–H and O–H groups in total. The molecule has 0 unspecified atom stereocenters. The van der Waals surface area contributed by atoms with Crippen molar-refractivity contribution in [3.8, 4) is 5.75 Å². The number of hydrogen-bond donors (Lipinski definition) is 1. The maximum absolute atomic E-state index is 5.59. The predicted octanol–water partition coefficient (Wildman–Crippen LogP) is 2.63. The van der Waals surface area contributed by atoms with Gasteiger partial charge in [0.05, 0.1) is 7.11 Å². The topological polar surface area (TPSA) is 27.7 Å². The average Bonchev–Trinajstić information content (AvgIpc) is 3.08. The van der Waals surface area contributed by atoms with Gasteiger partial charge < -0.3 is 15.0 Å². The Bertz CT molecular complexity index is 523. The molecule has 5 heteroatoms. The number of hydrogen-bond acceptors (Lipinski definition) is 3. The lowest BCUT2D eigenvalue weighted by Crippen LogP contribution is -2.52. The molecule has 1 heterocycles. The van der Waals surface area contributed by atoms with Gasteiger partial charge in [0.25, 0.3) is 0 Å². The second kappa shape index (κ2) is 7.97. The minimum absolute atomic E-state index is 0.609. The SMILES string of the molecule is COc1cccc(CN2CCN(C(=S)NC3CCCC3)CC2)c1. The second-order valence-electron chi connectivity index (χ2n) is 6.55. The molecule has 0 spiro atoms. The van der Waals surface area contributed by atoms with Crippen LogP contribution in [0.25, 0.3) is 0 Å². The highest BCUT2D eigenvalue weighted by Gasteiger charge is 2.22. The van der Waals surface area contributed by atoms with Crippen LogP contribution in [-0.4, -0.2) is 54.2 Å². The number of nitrogens with zero attached hydrogens (tertiary/aromatic N) is 2. The predicted molar refractivity (Wildman–Crippen MR) is 97.8 cm³/mol. The van der Waals surface area contributed by atoms with Gasteiger partial charge in [-0.15, -0.1) is 0 Å². The number of piperazine rings is 1. The van der Waals surface area contributed by atoms with E-state index in [2.05, 4.69) is 33.3 Å². The first-order valence-electron chi connectivity index (χ1n) is 8.65. The van der Waals surface area contributed by atoms with Crippen LogP contribution >= 0.6 is 12.2 Å². The molecule has 1 aliphatic heterocycles. The molecule has 0 amide bonds. The number of nitrogens with one attached hydrogen (secondary N) is 1. The molecule has 0 radical (unpaired) electrons. The lowest BCUT2D eigenvalue weighted by molar-refractivity contribution is 0.174. The standard InChI is InChI=1S/C18H27N3OS/c1-22-17-8-4-5-15(13-17)14-20-9-11-21(12-10-20)18(23)19-16-6-2-3-7-16/h4-5,8,13,16H,2-3,6-7,9-12,14H2,1H3,(H,19,23). The van der Waals surface area contributed by atoms with Crippen LogP contribution in [0.3, 0.4) is 0 Å². The van der Waals surface area contributed by atoms with Crippen molar-refractivity contribution in [2.45, 2.75) is 38.3 Å². The molecular formula is C18H27N3OS. The van der Waals surface area contributed by atoms with Gasteiger partial charge in [-0.1, -0.05) is 25.0 Å². The van der Waals surface area contributed by atoms with Crippen LogP contribution in [0, 0.1) is 0 Å². The molecule has 1 saturated heterocycles. The summed E-state index contributed by atoms with van der Waals surface area (Å²) in [5.41, 5.74) is 1.31. The van der Waals surface area contributed by atoms with Crippen LogP contribution in [0.2, 0.25) is 0 Å². The van der Waals surface area contributed by atoms with E-state index in [1.807, 2.05) is 6.07 Å². The van der Waals surface area contributed by atoms with Crippen LogP contribution in [0.15, 0.2) is 24.3 Å². The van der Waals surface area contributed by atoms with Gasteiger partial charge in [0.1, 0.15) is 5.75 Å². The molecule has 1 aliphatic carbocycles. The largest absolute Gasteiger partial charge is 0.497 e. The summed E-state index contributed by atoms with van der Waals surface area (Å²) >= 11 is 5.59. The fourth-order valence-electron chi connectivity index (χ4n) is 3.47. The number of methoxy groups -OCH3 is 1. The van der Waals surface area contributed by atoms with E-state index in [4.69, 9.17) is 17.0 Å². The van der Waals surface area contributed by atoms with Gasteiger partial charge in [-0.3, -0.25) is 4.90 Å². The molecule has 1 aromatic carbocycles. The number of ether oxygens (including phenoxy) is 1. The summed E-state index contributed by atoms with van der Waals surface area (Å²) in [7, 11) is 1.72. The normalized spacial score (nSPS) is 19.8. The van der Waals surface area contributed by atoms with Crippen molar-refractivity contribution in [2.24, 2.45) is 0 Å². The van der Waals surface area contributed by atoms with E-state index in [0.29, 0.717) is 6.04 Å². The Hall–Kier alpha value is -1.33. The van der Waals surface area contributed by atoms with E-state index < -0.39 is 0 Å². The summed E-state index contributed by atoms with van der Waals surface area (Å²) in [4.78, 5) is 4.82. The van der Waals surface area contributed by atoms with Gasteiger partial charge in [0.15, 0.2) is 5.11 Å². The van der Waals surface area contributed by atoms with Crippen molar-refractivity contribution in [1.29, 1.82) is 0 Å². The Morgan fingerprint density at radius 1 is 1.22 bits per heavy atom. The number of benzene rings is 1. The summed E-state index contributed by atoms with van der Waals surface area (Å²) in [5, 5.41) is 4.51. The highest BCUT2D eigenvalue weighted by Crippen LogP contribution is 2.18. The highest BCUT2D eigenvalue weighted by molar-refractivity contribution is 7.80. The van der Waals surface area contributed by atoms with E-state index in [0.717, 1.165) is 43.6 Å². The third-order valence-electron chi connectivity index (χ3n) is 4.88. The molecule has 0 atom stereocenters. The highest BCUT2D eigenvalue weighted by atomic mass is 32.1. The van der Waals surface area contributed by atoms with Crippen LogP contribution < -0.4 is 10.1 Å². The van der Waals surface area contributed by atoms with Crippen molar-refractivity contribution >= 4 is 17.3 Å². The third-order valence-corrected chi connectivity index (χ3v) is 5.26. The van der Waals surface area contributed by atoms with Crippen molar-refractivity contribution in [2.75, 3.05) is 33.3 Å². The van der Waals surface area contributed by atoms with E-state index in [1.165, 1.54) is 31.2 Å². The average molecular weight is 334 g/mol. The van der Waals surface area contributed by atoms with Crippen molar-refractivity contribution in [3.05, 3.63) is 29.8 Å². The van der Waals surface area contributed by atoms with Crippen LogP contribution in [0.1, 0.15) is 31.2 Å². The Labute approximate surface area is 144 Å². The van der Waals surface area contributed by atoms with Gasteiger partial charge in [-0.25, -0.2) is 0 Å². The Kier molecular flexibility index (Phi) is 5.73. The number of thiocarbonyl (C=S) groups is 1. The third kappa shape index (κ3) is 4.58. The van der Waals surface area contributed by atoms with Crippen LogP contribution in [0.5, 0.6) is 5.75 Å². The van der Waals surface area contributed by atoms with Gasteiger partial charge in [-0.2, -0.15) is 0 Å². The monoisotopic (exact) mass is 333 g/mol. The first-order valence-corrected chi connectivity index (χ1v) is 9.06. The zero-order chi connectivity index (χ0) is 16.1. The minimum atomic E-state index is 0.609. The molecule has 2 aliphatic rings. The molecule has 126 valence electrons. The molecule has 3 rings (SSSR count). The summed E-state index contributed by atoms with van der Waals surface area (Å²) in [6.45, 7) is 5.13. The van der Waals surface area contributed by atoms with E-state index in [1.54, 1.807) is 7.11 Å². The van der Waals surface area contributed by atoms with E-state index >= 15 is 0 Å². The van der Waals surface area contributed by atoms with Gasteiger partial charge in [-0.05, 0) is 42.8 Å². The molecular weight excluding hydrogens is 306 g/mol. The van der Waals surface area contributed by atoms with Crippen LogP contribution in [-0.2, 0) is 6.54 Å². The molecule has 4 nitrogen and oxygen atoms in total. The van der Waals surface area contributed by atoms with Crippen molar-refractivity contribution < 1.29 is 4.74 Å². The maximum Gasteiger partial charge on any atom is 0.169 e. The molecule has 2 fully saturated rings. The first-order chi connectivity index (χ1) is 11.2. The van der Waals surface area contributed by atoms with E-state index in [-0.39, 0.29) is 0 Å². The number of rotatable bonds is 4. The summed E-state index contributed by atoms with van der Waals surface area (Å²) in [6, 6.07) is 8.96. The molecule has 23 heavy (non-hydrogen) atoms. The second-order valence-corrected chi connectivity index (χ2v) is 6.93. The summed E-state index contributed by atoms with van der Waals surface area (Å²) < 4.78 is 5.30. The zero-order valence-corrected chi connectivity index (χ0v) is 14.8. The summed E-state index contributed by atoms with van der Waals surface area (Å²) in [5.74, 6) is 0.933. The maximum atomic E-state index is 5.59. The lowest BCUT2D eigenvalue weighted by Gasteiger charge is -2.37. The fourth-order valence-corrected chi connectivity index (χ4v) is 3.82. The fraction of sp³-hybridized carbons (Fsp3) is 0.611. The molecule has 1 aromatic rings. The minimum Gasteiger partial charge on any atom is -0.497 e. The molecule has 0 aromatic heterocycles.